The second-order valence-electron chi connectivity index (χ2n) is 4.55. The van der Waals surface area contributed by atoms with Crippen molar-refractivity contribution in [2.45, 2.75) is 38.1 Å². The molecule has 1 aliphatic carbocycles. The van der Waals surface area contributed by atoms with E-state index in [-0.39, 0.29) is 5.82 Å². The van der Waals surface area contributed by atoms with Gasteiger partial charge in [-0.2, -0.15) is 4.99 Å². The van der Waals surface area contributed by atoms with Crippen LogP contribution in [0.2, 0.25) is 0 Å². The zero-order valence-corrected chi connectivity index (χ0v) is 11.2. The van der Waals surface area contributed by atoms with Crippen molar-refractivity contribution in [3.05, 3.63) is 33.5 Å². The van der Waals surface area contributed by atoms with Gasteiger partial charge in [-0.1, -0.05) is 18.9 Å². The lowest BCUT2D eigenvalue weighted by molar-refractivity contribution is 0.449. The zero-order valence-electron chi connectivity index (χ0n) is 9.59. The Morgan fingerprint density at radius 3 is 2.65 bits per heavy atom. The molecule has 0 unspecified atom stereocenters. The summed E-state index contributed by atoms with van der Waals surface area (Å²) in [5, 5.41) is 0. The highest BCUT2D eigenvalue weighted by atomic mass is 79.9. The maximum absolute atomic E-state index is 13.7. The number of hydrogen-bond acceptors (Lipinski definition) is 2. The summed E-state index contributed by atoms with van der Waals surface area (Å²) in [4.78, 5) is 14.6. The Bertz CT molecular complexity index is 488. The Hall–Kier alpha value is -0.990. The molecule has 0 saturated heterocycles. The van der Waals surface area contributed by atoms with Gasteiger partial charge < -0.3 is 0 Å². The summed E-state index contributed by atoms with van der Waals surface area (Å²) in [6.45, 7) is 1.84. The quantitative estimate of drug-likeness (QED) is 0.599. The van der Waals surface area contributed by atoms with Crippen molar-refractivity contribution >= 4 is 22.0 Å². The molecule has 0 atom stereocenters. The average Bonchev–Trinajstić information content (AvgIpc) is 2.73. The molecule has 0 N–H and O–H groups in total. The number of nitrogens with zero attached hydrogens (tertiary/aromatic N) is 1. The fraction of sp³-hybridized carbons (Fsp3) is 0.462. The van der Waals surface area contributed by atoms with Crippen molar-refractivity contribution in [2.24, 2.45) is 4.99 Å². The first-order valence-electron chi connectivity index (χ1n) is 5.64. The van der Waals surface area contributed by atoms with E-state index in [9.17, 15) is 9.18 Å². The molecule has 1 aliphatic rings. The molecule has 0 amide bonds. The SMILES string of the molecule is Cc1cc(F)c(Br)c(C2(N=C=O)CCCC2)c1. The standard InChI is InChI=1S/C13H13BrFNO/c1-9-6-10(12(14)11(15)7-9)13(16-8-17)4-2-3-5-13/h6-7H,2-5H2,1H3. The summed E-state index contributed by atoms with van der Waals surface area (Å²) in [7, 11) is 0. The highest BCUT2D eigenvalue weighted by molar-refractivity contribution is 9.10. The third kappa shape index (κ3) is 2.20. The van der Waals surface area contributed by atoms with Crippen LogP contribution in [-0.4, -0.2) is 6.08 Å². The number of halogens is 2. The summed E-state index contributed by atoms with van der Waals surface area (Å²) >= 11 is 3.26. The number of hydrogen-bond donors (Lipinski definition) is 0. The monoisotopic (exact) mass is 297 g/mol. The Morgan fingerprint density at radius 2 is 2.06 bits per heavy atom. The topological polar surface area (TPSA) is 29.4 Å². The van der Waals surface area contributed by atoms with Crippen molar-refractivity contribution in [2.75, 3.05) is 0 Å². The maximum Gasteiger partial charge on any atom is 0.235 e. The van der Waals surface area contributed by atoms with Crippen molar-refractivity contribution in [1.29, 1.82) is 0 Å². The van der Waals surface area contributed by atoms with Crippen LogP contribution in [0, 0.1) is 12.7 Å². The smallest absolute Gasteiger partial charge is 0.211 e. The highest BCUT2D eigenvalue weighted by Gasteiger charge is 2.37. The third-order valence-corrected chi connectivity index (χ3v) is 4.17. The molecule has 1 fully saturated rings. The molecule has 0 heterocycles. The number of isocyanates is 1. The van der Waals surface area contributed by atoms with Gasteiger partial charge in [-0.3, -0.25) is 0 Å². The average molecular weight is 298 g/mol. The minimum Gasteiger partial charge on any atom is -0.211 e. The number of aliphatic imine (C=N–C) groups is 1. The lowest BCUT2D eigenvalue weighted by atomic mass is 9.88. The summed E-state index contributed by atoms with van der Waals surface area (Å²) < 4.78 is 14.1. The fourth-order valence-electron chi connectivity index (χ4n) is 2.55. The number of benzene rings is 1. The number of rotatable bonds is 2. The van der Waals surface area contributed by atoms with E-state index < -0.39 is 5.54 Å². The van der Waals surface area contributed by atoms with Crippen molar-refractivity contribution < 1.29 is 9.18 Å². The van der Waals surface area contributed by atoms with Gasteiger partial charge in [-0.05, 0) is 52.9 Å². The lowest BCUT2D eigenvalue weighted by Gasteiger charge is -2.24. The first kappa shape index (κ1) is 12.5. The minimum absolute atomic E-state index is 0.299. The van der Waals surface area contributed by atoms with Gasteiger partial charge >= 0.3 is 0 Å². The molecule has 1 aromatic rings. The molecule has 0 spiro atoms. The van der Waals surface area contributed by atoms with Crippen LogP contribution >= 0.6 is 15.9 Å². The van der Waals surface area contributed by atoms with Gasteiger partial charge in [0.2, 0.25) is 6.08 Å². The molecule has 0 aliphatic heterocycles. The van der Waals surface area contributed by atoms with Crippen LogP contribution in [0.15, 0.2) is 21.6 Å². The number of aryl methyl sites for hydroxylation is 1. The molecule has 0 aromatic heterocycles. The summed E-state index contributed by atoms with van der Waals surface area (Å²) in [5.74, 6) is -0.299. The zero-order chi connectivity index (χ0) is 12.5. The van der Waals surface area contributed by atoms with Gasteiger partial charge in [0, 0.05) is 0 Å². The van der Waals surface area contributed by atoms with E-state index in [2.05, 4.69) is 20.9 Å². The molecular weight excluding hydrogens is 285 g/mol. The molecule has 0 radical (unpaired) electrons. The van der Waals surface area contributed by atoms with Crippen LogP contribution in [0.25, 0.3) is 0 Å². The van der Waals surface area contributed by atoms with Gasteiger partial charge in [0.15, 0.2) is 0 Å². The van der Waals surface area contributed by atoms with Gasteiger partial charge in [-0.15, -0.1) is 0 Å². The van der Waals surface area contributed by atoms with Crippen LogP contribution in [0.5, 0.6) is 0 Å². The van der Waals surface area contributed by atoms with Crippen molar-refractivity contribution in [1.82, 2.24) is 0 Å². The maximum atomic E-state index is 13.7. The van der Waals surface area contributed by atoms with E-state index >= 15 is 0 Å². The van der Waals surface area contributed by atoms with Crippen molar-refractivity contribution in [3.8, 4) is 0 Å². The first-order valence-corrected chi connectivity index (χ1v) is 6.43. The summed E-state index contributed by atoms with van der Waals surface area (Å²) in [6.07, 6.45) is 5.22. The van der Waals surface area contributed by atoms with Crippen LogP contribution < -0.4 is 0 Å². The molecule has 90 valence electrons. The second kappa shape index (κ2) is 4.71. The van der Waals surface area contributed by atoms with E-state index in [0.29, 0.717) is 4.47 Å². The van der Waals surface area contributed by atoms with Crippen LogP contribution in [0.3, 0.4) is 0 Å². The van der Waals surface area contributed by atoms with Crippen LogP contribution in [0.1, 0.15) is 36.8 Å². The van der Waals surface area contributed by atoms with Crippen LogP contribution in [-0.2, 0) is 10.3 Å². The highest BCUT2D eigenvalue weighted by Crippen LogP contribution is 2.45. The Kier molecular flexibility index (Phi) is 3.45. The van der Waals surface area contributed by atoms with Gasteiger partial charge in [0.05, 0.1) is 10.0 Å². The fourth-order valence-corrected chi connectivity index (χ4v) is 3.15. The Morgan fingerprint density at radius 1 is 1.41 bits per heavy atom. The predicted molar refractivity (Wildman–Crippen MR) is 67.1 cm³/mol. The van der Waals surface area contributed by atoms with E-state index in [4.69, 9.17) is 0 Å². The molecule has 1 aromatic carbocycles. The van der Waals surface area contributed by atoms with Gasteiger partial charge in [0.25, 0.3) is 0 Å². The Labute approximate surface area is 108 Å². The lowest BCUT2D eigenvalue weighted by Crippen LogP contribution is -2.20. The van der Waals surface area contributed by atoms with Crippen molar-refractivity contribution in [3.63, 3.8) is 0 Å². The molecule has 17 heavy (non-hydrogen) atoms. The first-order chi connectivity index (χ1) is 8.09. The van der Waals surface area contributed by atoms with E-state index in [0.717, 1.165) is 36.8 Å². The number of carbonyl (C=O) groups excluding carboxylic acids is 1. The van der Waals surface area contributed by atoms with Crippen LogP contribution in [0.4, 0.5) is 4.39 Å². The summed E-state index contributed by atoms with van der Waals surface area (Å²) in [6, 6.07) is 3.38. The molecule has 2 nitrogen and oxygen atoms in total. The van der Waals surface area contributed by atoms with Gasteiger partial charge in [0.1, 0.15) is 5.82 Å². The minimum atomic E-state index is -0.576. The molecule has 0 bridgehead atoms. The predicted octanol–water partition coefficient (Wildman–Crippen LogP) is 4.00. The third-order valence-electron chi connectivity index (χ3n) is 3.36. The van der Waals surface area contributed by atoms with E-state index in [1.54, 1.807) is 6.08 Å². The van der Waals surface area contributed by atoms with Gasteiger partial charge in [-0.25, -0.2) is 9.18 Å². The summed E-state index contributed by atoms with van der Waals surface area (Å²) in [5.41, 5.74) is 1.04. The normalized spacial score (nSPS) is 17.8. The largest absolute Gasteiger partial charge is 0.235 e. The van der Waals surface area contributed by atoms with E-state index in [1.807, 2.05) is 13.0 Å². The second-order valence-corrected chi connectivity index (χ2v) is 5.34. The molecule has 2 rings (SSSR count). The molecule has 4 heteroatoms. The molecular formula is C13H13BrFNO. The Balaban J connectivity index is 2.61. The molecule has 1 saturated carbocycles. The van der Waals surface area contributed by atoms with E-state index in [1.165, 1.54) is 6.07 Å².